The summed E-state index contributed by atoms with van der Waals surface area (Å²) in [5.41, 5.74) is 2.22. The Morgan fingerprint density at radius 3 is 2.56 bits per heavy atom. The Balaban J connectivity index is 1.39. The molecule has 4 rings (SSSR count). The number of nitrogens with one attached hydrogen (secondary N) is 2. The molecule has 2 N–H and O–H groups in total. The molecule has 1 saturated heterocycles. The predicted octanol–water partition coefficient (Wildman–Crippen LogP) is 3.53. The monoisotopic (exact) mass is 364 g/mol. The highest BCUT2D eigenvalue weighted by molar-refractivity contribution is 6.05. The normalized spacial score (nSPS) is 21.0. The molecule has 6 heteroatoms. The molecular weight excluding hydrogens is 340 g/mol. The standard InChI is InChI=1S/C21H24N4O2/c1-14-11-18(14)21(27)23-16-6-4-5-15(12-16)20(26)24-19-8-7-17(13-22-19)25-9-2-3-10-25/h4-8,12-14,18H,2-3,9-11H2,1H3,(H,23,27)(H,22,24,26). The van der Waals surface area contributed by atoms with Crippen molar-refractivity contribution in [2.24, 2.45) is 11.8 Å². The molecule has 27 heavy (non-hydrogen) atoms. The third kappa shape index (κ3) is 4.10. The molecule has 2 aromatic rings. The van der Waals surface area contributed by atoms with Gasteiger partial charge in [-0.1, -0.05) is 13.0 Å². The van der Waals surface area contributed by atoms with E-state index in [0.29, 0.717) is 23.0 Å². The molecule has 1 aromatic carbocycles. The molecule has 6 nitrogen and oxygen atoms in total. The summed E-state index contributed by atoms with van der Waals surface area (Å²) in [6.45, 7) is 4.19. The maximum atomic E-state index is 12.5. The maximum Gasteiger partial charge on any atom is 0.256 e. The van der Waals surface area contributed by atoms with Gasteiger partial charge in [-0.15, -0.1) is 0 Å². The van der Waals surface area contributed by atoms with Gasteiger partial charge in [0.1, 0.15) is 5.82 Å². The van der Waals surface area contributed by atoms with Crippen LogP contribution in [0.25, 0.3) is 0 Å². The van der Waals surface area contributed by atoms with Gasteiger partial charge in [0.2, 0.25) is 5.91 Å². The summed E-state index contributed by atoms with van der Waals surface area (Å²) in [6.07, 6.45) is 5.16. The Bertz CT molecular complexity index is 844. The SMILES string of the molecule is CC1CC1C(=O)Nc1cccc(C(=O)Nc2ccc(N3CCCC3)cn2)c1. The number of amides is 2. The molecule has 0 radical (unpaired) electrons. The van der Waals surface area contributed by atoms with Crippen LogP contribution >= 0.6 is 0 Å². The first-order chi connectivity index (χ1) is 13.1. The molecule has 0 bridgehead atoms. The molecule has 0 spiro atoms. The Labute approximate surface area is 159 Å². The van der Waals surface area contributed by atoms with Crippen molar-refractivity contribution in [3.8, 4) is 0 Å². The number of hydrogen-bond acceptors (Lipinski definition) is 4. The van der Waals surface area contributed by atoms with Gasteiger partial charge in [0.05, 0.1) is 11.9 Å². The van der Waals surface area contributed by atoms with Crippen LogP contribution in [0.3, 0.4) is 0 Å². The molecule has 2 aliphatic rings. The van der Waals surface area contributed by atoms with Gasteiger partial charge in [0.15, 0.2) is 0 Å². The van der Waals surface area contributed by atoms with E-state index in [9.17, 15) is 9.59 Å². The van der Waals surface area contributed by atoms with E-state index in [-0.39, 0.29) is 17.7 Å². The van der Waals surface area contributed by atoms with E-state index in [0.717, 1.165) is 25.2 Å². The summed E-state index contributed by atoms with van der Waals surface area (Å²) in [4.78, 5) is 31.2. The van der Waals surface area contributed by atoms with E-state index in [1.807, 2.05) is 12.1 Å². The molecule has 2 fully saturated rings. The fraction of sp³-hybridized carbons (Fsp3) is 0.381. The quantitative estimate of drug-likeness (QED) is 0.851. The molecule has 2 amide bonds. The fourth-order valence-electron chi connectivity index (χ4n) is 3.47. The summed E-state index contributed by atoms with van der Waals surface area (Å²) in [5, 5.41) is 5.71. The second-order valence-electron chi connectivity index (χ2n) is 7.44. The van der Waals surface area contributed by atoms with Crippen LogP contribution in [-0.2, 0) is 4.79 Å². The Kier molecular flexibility index (Phi) is 4.79. The molecule has 2 unspecified atom stereocenters. The lowest BCUT2D eigenvalue weighted by molar-refractivity contribution is -0.117. The van der Waals surface area contributed by atoms with Crippen molar-refractivity contribution in [3.05, 3.63) is 48.2 Å². The number of benzene rings is 1. The van der Waals surface area contributed by atoms with Gasteiger partial charge in [-0.3, -0.25) is 9.59 Å². The molecule has 1 aliphatic carbocycles. The second-order valence-corrected chi connectivity index (χ2v) is 7.44. The van der Waals surface area contributed by atoms with Crippen LogP contribution in [0.15, 0.2) is 42.6 Å². The minimum Gasteiger partial charge on any atom is -0.370 e. The van der Waals surface area contributed by atoms with Crippen molar-refractivity contribution in [1.29, 1.82) is 0 Å². The van der Waals surface area contributed by atoms with Crippen LogP contribution in [0.5, 0.6) is 0 Å². The van der Waals surface area contributed by atoms with Crippen LogP contribution in [0.4, 0.5) is 17.2 Å². The van der Waals surface area contributed by atoms with Crippen LogP contribution in [0.1, 0.15) is 36.5 Å². The number of pyridine rings is 1. The van der Waals surface area contributed by atoms with Crippen molar-refractivity contribution in [3.63, 3.8) is 0 Å². The first kappa shape index (κ1) is 17.5. The minimum absolute atomic E-state index is 0.0271. The van der Waals surface area contributed by atoms with Gasteiger partial charge >= 0.3 is 0 Å². The fourth-order valence-corrected chi connectivity index (χ4v) is 3.47. The highest BCUT2D eigenvalue weighted by atomic mass is 16.2. The molecule has 2 heterocycles. The highest BCUT2D eigenvalue weighted by Gasteiger charge is 2.39. The summed E-state index contributed by atoms with van der Waals surface area (Å²) in [7, 11) is 0. The van der Waals surface area contributed by atoms with Crippen molar-refractivity contribution in [2.75, 3.05) is 28.6 Å². The summed E-state index contributed by atoms with van der Waals surface area (Å²) < 4.78 is 0. The van der Waals surface area contributed by atoms with E-state index in [4.69, 9.17) is 0 Å². The smallest absolute Gasteiger partial charge is 0.256 e. The first-order valence-electron chi connectivity index (χ1n) is 9.53. The van der Waals surface area contributed by atoms with E-state index in [1.165, 1.54) is 12.8 Å². The van der Waals surface area contributed by atoms with Gasteiger partial charge < -0.3 is 15.5 Å². The number of nitrogens with zero attached hydrogens (tertiary/aromatic N) is 2. The highest BCUT2D eigenvalue weighted by Crippen LogP contribution is 2.38. The molecule has 140 valence electrons. The topological polar surface area (TPSA) is 74.3 Å². The molecule has 1 saturated carbocycles. The molecular formula is C21H24N4O2. The molecule has 1 aromatic heterocycles. The van der Waals surface area contributed by atoms with Crippen molar-refractivity contribution < 1.29 is 9.59 Å². The lowest BCUT2D eigenvalue weighted by atomic mass is 10.2. The Hall–Kier alpha value is -2.89. The van der Waals surface area contributed by atoms with Gasteiger partial charge in [-0.2, -0.15) is 0 Å². The molecule has 1 aliphatic heterocycles. The van der Waals surface area contributed by atoms with Crippen LogP contribution in [-0.4, -0.2) is 29.9 Å². The summed E-state index contributed by atoms with van der Waals surface area (Å²) >= 11 is 0. The lowest BCUT2D eigenvalue weighted by Crippen LogP contribution is -2.18. The van der Waals surface area contributed by atoms with Gasteiger partial charge in [0, 0.05) is 30.3 Å². The third-order valence-corrected chi connectivity index (χ3v) is 5.30. The zero-order valence-electron chi connectivity index (χ0n) is 15.4. The van der Waals surface area contributed by atoms with Crippen LogP contribution in [0, 0.1) is 11.8 Å². The average molecular weight is 364 g/mol. The molecule has 2 atom stereocenters. The number of rotatable bonds is 5. The maximum absolute atomic E-state index is 12.5. The van der Waals surface area contributed by atoms with Gasteiger partial charge in [-0.05, 0) is 55.5 Å². The lowest BCUT2D eigenvalue weighted by Gasteiger charge is -2.17. The largest absolute Gasteiger partial charge is 0.370 e. The van der Waals surface area contributed by atoms with E-state index >= 15 is 0 Å². The Morgan fingerprint density at radius 1 is 1.11 bits per heavy atom. The Morgan fingerprint density at radius 2 is 1.89 bits per heavy atom. The predicted molar refractivity (Wildman–Crippen MR) is 106 cm³/mol. The van der Waals surface area contributed by atoms with Crippen LogP contribution in [0.2, 0.25) is 0 Å². The summed E-state index contributed by atoms with van der Waals surface area (Å²) in [5.74, 6) is 0.850. The van der Waals surface area contributed by atoms with Crippen LogP contribution < -0.4 is 15.5 Å². The van der Waals surface area contributed by atoms with Gasteiger partial charge in [0.25, 0.3) is 5.91 Å². The average Bonchev–Trinajstić information content (AvgIpc) is 3.17. The van der Waals surface area contributed by atoms with Gasteiger partial charge in [-0.25, -0.2) is 4.98 Å². The first-order valence-corrected chi connectivity index (χ1v) is 9.53. The van der Waals surface area contributed by atoms with Crippen molar-refractivity contribution in [2.45, 2.75) is 26.2 Å². The number of anilines is 3. The van der Waals surface area contributed by atoms with Crippen molar-refractivity contribution >= 4 is 29.0 Å². The van der Waals surface area contributed by atoms with Crippen molar-refractivity contribution in [1.82, 2.24) is 4.98 Å². The van der Waals surface area contributed by atoms with E-state index in [2.05, 4.69) is 27.4 Å². The zero-order valence-corrected chi connectivity index (χ0v) is 15.4. The van der Waals surface area contributed by atoms with E-state index < -0.39 is 0 Å². The number of hydrogen-bond donors (Lipinski definition) is 2. The number of aromatic nitrogens is 1. The second kappa shape index (κ2) is 7.39. The summed E-state index contributed by atoms with van der Waals surface area (Å²) in [6, 6.07) is 10.8. The zero-order chi connectivity index (χ0) is 18.8. The number of carbonyl (C=O) groups is 2. The number of carbonyl (C=O) groups excluding carboxylic acids is 2. The third-order valence-electron chi connectivity index (χ3n) is 5.30. The van der Waals surface area contributed by atoms with E-state index in [1.54, 1.807) is 30.5 Å². The minimum atomic E-state index is -0.243.